The number of methoxy groups -OCH3 is 3. The fraction of sp³-hybridized carbons (Fsp3) is 0.205. The maximum atomic E-state index is 13.9. The number of aryl methyl sites for hydroxylation is 4. The zero-order valence-electron chi connectivity index (χ0n) is 56.6. The van der Waals surface area contributed by atoms with E-state index < -0.39 is 0 Å². The zero-order chi connectivity index (χ0) is 70.9. The minimum atomic E-state index is -0.248. The van der Waals surface area contributed by atoms with Crippen molar-refractivity contribution < 1.29 is 33.4 Å². The average molecular weight is 1510 g/mol. The average Bonchev–Trinajstić information content (AvgIpc) is 1.61. The molecule has 13 aromatic rings. The first kappa shape index (κ1) is 70.3. The predicted molar refractivity (Wildman–Crippen MR) is 424 cm³/mol. The SMILES string of the molecule is COc1cc2c(cc1OC)C(c1cccc(C)c1)N(C(=O)c1sc3ccccc3c1Cl)CC2.COc1ccc2c(c1)CCCN2C(=O)c1sc2ccccc2c1Cl.Cc1ccc2c(c1)CCCN2C(=O)c1sc2ccccc2c1Cl.O=C(c1sc2ccccc2c1Cl)N1CCc2ccccc2C1. The molecule has 0 radical (unpaired) electrons. The third kappa shape index (κ3) is 14.0. The molecule has 0 saturated carbocycles. The Morgan fingerprint density at radius 3 is 1.35 bits per heavy atom. The van der Waals surface area contributed by atoms with E-state index in [-0.39, 0.29) is 29.7 Å². The van der Waals surface area contributed by atoms with Crippen LogP contribution in [0.3, 0.4) is 0 Å². The standard InChI is InChI=1S/C27H24ClNO3S.C19H16ClNO2S.C19H16ClNOS.C18H14ClNOS/c1-16-7-6-8-18(13-16)25-20-15-22(32-3)21(31-2)14-17(20)11-12-29(25)27(30)26-24(28)19-9-4-5-10-23(19)33-26;1-23-13-8-9-15-12(11-13)5-4-10-21(15)19(22)18-17(20)14-6-2-3-7-16(14)24-18;1-12-8-9-15-13(11-12)5-4-10-21(15)19(22)18-17(20)14-6-2-3-7-16(14)23-18;19-16-14-7-3-4-8-15(14)22-17(16)18(21)20-10-9-12-5-1-2-6-13(12)11-20/h4-10,13-15,25H,11-12H2,1-3H3;2-3,6-9,11H,4-5,10H2,1H3;2-3,6-9,11H,4-5,10H2,1H3;1-8H,9-11H2. The van der Waals surface area contributed by atoms with Gasteiger partial charge in [0.05, 0.1) is 47.5 Å². The van der Waals surface area contributed by atoms with Gasteiger partial charge in [0.15, 0.2) is 11.5 Å². The molecule has 4 amide bonds. The first-order chi connectivity index (χ1) is 49.6. The third-order valence-electron chi connectivity index (χ3n) is 19.1. The van der Waals surface area contributed by atoms with Gasteiger partial charge in [0, 0.05) is 84.4 Å². The van der Waals surface area contributed by atoms with Crippen molar-refractivity contribution in [3.8, 4) is 17.2 Å². The second-order valence-corrected chi connectivity index (χ2v) is 31.2. The molecule has 19 heteroatoms. The molecule has 0 bridgehead atoms. The van der Waals surface area contributed by atoms with Crippen molar-refractivity contribution in [2.75, 3.05) is 57.3 Å². The van der Waals surface area contributed by atoms with Crippen LogP contribution >= 0.6 is 91.8 Å². The number of rotatable bonds is 8. The summed E-state index contributed by atoms with van der Waals surface area (Å²) in [6.07, 6.45) is 5.55. The molecule has 17 rings (SSSR count). The molecule has 11 nitrogen and oxygen atoms in total. The molecule has 0 spiro atoms. The van der Waals surface area contributed by atoms with Crippen LogP contribution in [0.4, 0.5) is 11.4 Å². The van der Waals surface area contributed by atoms with Crippen molar-refractivity contribution in [1.82, 2.24) is 9.80 Å². The highest BCUT2D eigenvalue weighted by Gasteiger charge is 2.37. The Hall–Kier alpha value is -8.74. The van der Waals surface area contributed by atoms with Gasteiger partial charge in [-0.2, -0.15) is 0 Å². The highest BCUT2D eigenvalue weighted by atomic mass is 35.5. The largest absolute Gasteiger partial charge is 0.497 e. The van der Waals surface area contributed by atoms with E-state index in [9.17, 15) is 19.2 Å². The lowest BCUT2D eigenvalue weighted by Gasteiger charge is -2.38. The molecule has 0 aliphatic carbocycles. The van der Waals surface area contributed by atoms with E-state index in [2.05, 4.69) is 68.4 Å². The van der Waals surface area contributed by atoms with Crippen molar-refractivity contribution in [3.63, 3.8) is 0 Å². The molecule has 102 heavy (non-hydrogen) atoms. The quantitative estimate of drug-likeness (QED) is 0.149. The van der Waals surface area contributed by atoms with Crippen LogP contribution in [0.15, 0.2) is 194 Å². The molecule has 4 aromatic heterocycles. The number of carbonyl (C=O) groups excluding carboxylic acids is 4. The van der Waals surface area contributed by atoms with Crippen LogP contribution in [-0.2, 0) is 32.2 Å². The van der Waals surface area contributed by atoms with E-state index in [1.807, 2.05) is 159 Å². The monoisotopic (exact) mass is 1500 g/mol. The van der Waals surface area contributed by atoms with Crippen LogP contribution < -0.4 is 24.0 Å². The number of ether oxygens (including phenoxy) is 3. The van der Waals surface area contributed by atoms with Gasteiger partial charge < -0.3 is 33.8 Å². The van der Waals surface area contributed by atoms with Crippen LogP contribution in [0.25, 0.3) is 40.3 Å². The highest BCUT2D eigenvalue weighted by Crippen LogP contribution is 2.46. The van der Waals surface area contributed by atoms with Gasteiger partial charge in [-0.15, -0.1) is 45.3 Å². The number of amides is 4. The molecule has 4 aliphatic rings. The van der Waals surface area contributed by atoms with Gasteiger partial charge in [0.2, 0.25) is 0 Å². The molecule has 0 fully saturated rings. The van der Waals surface area contributed by atoms with E-state index in [1.165, 1.54) is 67.6 Å². The van der Waals surface area contributed by atoms with E-state index >= 15 is 0 Å². The van der Waals surface area contributed by atoms with Crippen molar-refractivity contribution in [3.05, 3.63) is 284 Å². The minimum Gasteiger partial charge on any atom is -0.497 e. The van der Waals surface area contributed by atoms with Crippen LogP contribution in [0.1, 0.15) is 108 Å². The van der Waals surface area contributed by atoms with Gasteiger partial charge in [0.25, 0.3) is 23.6 Å². The maximum absolute atomic E-state index is 13.9. The molecule has 0 saturated heterocycles. The van der Waals surface area contributed by atoms with Gasteiger partial charge in [-0.25, -0.2) is 0 Å². The maximum Gasteiger partial charge on any atom is 0.269 e. The summed E-state index contributed by atoms with van der Waals surface area (Å²) in [5.41, 5.74) is 12.6. The van der Waals surface area contributed by atoms with Crippen molar-refractivity contribution in [2.45, 2.75) is 65.0 Å². The number of halogens is 4. The van der Waals surface area contributed by atoms with Crippen molar-refractivity contribution in [2.24, 2.45) is 0 Å². The molecule has 8 heterocycles. The van der Waals surface area contributed by atoms with Gasteiger partial charge in [0.1, 0.15) is 25.3 Å². The molecular weight excluding hydrogens is 1440 g/mol. The molecule has 0 N–H and O–H groups in total. The summed E-state index contributed by atoms with van der Waals surface area (Å²) in [5, 5.41) is 6.05. The number of benzene rings is 9. The summed E-state index contributed by atoms with van der Waals surface area (Å²) in [5.74, 6) is 2.17. The van der Waals surface area contributed by atoms with E-state index in [0.717, 1.165) is 137 Å². The zero-order valence-corrected chi connectivity index (χ0v) is 62.9. The summed E-state index contributed by atoms with van der Waals surface area (Å²) in [6, 6.07) is 64.2. The summed E-state index contributed by atoms with van der Waals surface area (Å²) in [7, 11) is 4.93. The smallest absolute Gasteiger partial charge is 0.269 e. The fourth-order valence-corrected chi connectivity index (χ4v) is 19.9. The first-order valence-corrected chi connectivity index (χ1v) is 38.4. The Labute approximate surface area is 628 Å². The number of hydrogen-bond acceptors (Lipinski definition) is 11. The normalized spacial score (nSPS) is 14.5. The molecule has 1 atom stereocenters. The van der Waals surface area contributed by atoms with E-state index in [4.69, 9.17) is 60.6 Å². The second-order valence-electron chi connectivity index (χ2n) is 25.4. The van der Waals surface area contributed by atoms with Gasteiger partial charge in [-0.05, 0) is 152 Å². The Kier molecular flexibility index (Phi) is 21.1. The van der Waals surface area contributed by atoms with Gasteiger partial charge >= 0.3 is 0 Å². The molecule has 1 unspecified atom stereocenters. The lowest BCUT2D eigenvalue weighted by atomic mass is 9.87. The first-order valence-electron chi connectivity index (χ1n) is 33.7. The summed E-state index contributed by atoms with van der Waals surface area (Å²) < 4.78 is 20.6. The number of thiophene rings is 4. The highest BCUT2D eigenvalue weighted by molar-refractivity contribution is 7.23. The predicted octanol–water partition coefficient (Wildman–Crippen LogP) is 22.0. The van der Waals surface area contributed by atoms with E-state index in [1.54, 1.807) is 21.3 Å². The Balaban J connectivity index is 0.000000117. The number of anilines is 2. The van der Waals surface area contributed by atoms with Gasteiger partial charge in [-0.1, -0.05) is 191 Å². The number of hydrogen-bond donors (Lipinski definition) is 0. The fourth-order valence-electron chi connectivity index (χ4n) is 14.0. The van der Waals surface area contributed by atoms with Crippen LogP contribution in [0.5, 0.6) is 17.2 Å². The third-order valence-corrected chi connectivity index (χ3v) is 25.7. The Bertz CT molecular complexity index is 5390. The molecule has 4 aliphatic heterocycles. The Morgan fingerprint density at radius 1 is 0.392 bits per heavy atom. The van der Waals surface area contributed by atoms with Gasteiger partial charge in [-0.3, -0.25) is 19.2 Å². The van der Waals surface area contributed by atoms with Crippen LogP contribution in [-0.4, -0.2) is 80.9 Å². The topological polar surface area (TPSA) is 109 Å². The van der Waals surface area contributed by atoms with Crippen molar-refractivity contribution in [1.29, 1.82) is 0 Å². The number of nitrogens with zero attached hydrogens (tertiary/aromatic N) is 4. The van der Waals surface area contributed by atoms with E-state index in [0.29, 0.717) is 70.7 Å². The summed E-state index contributed by atoms with van der Waals surface area (Å²) in [6.45, 7) is 7.62. The molecule has 516 valence electrons. The molecule has 9 aromatic carbocycles. The number of carbonyl (C=O) groups is 4. The second kappa shape index (κ2) is 30.7. The summed E-state index contributed by atoms with van der Waals surface area (Å²) in [4.78, 5) is 63.1. The minimum absolute atomic E-state index is 0.0148. The molecular formula is C83H70Cl4N4O7S4. The summed E-state index contributed by atoms with van der Waals surface area (Å²) >= 11 is 32.0. The van der Waals surface area contributed by atoms with Crippen molar-refractivity contribution >= 4 is 167 Å². The lowest BCUT2D eigenvalue weighted by molar-refractivity contribution is 0.0697. The Morgan fingerprint density at radius 2 is 0.843 bits per heavy atom. The lowest BCUT2D eigenvalue weighted by Crippen LogP contribution is -2.40. The number of fused-ring (bicyclic) bond motifs is 8. The van der Waals surface area contributed by atoms with Crippen LogP contribution in [0.2, 0.25) is 20.1 Å². The van der Waals surface area contributed by atoms with Crippen LogP contribution in [0, 0.1) is 13.8 Å².